The minimum atomic E-state index is -4.04. The average Bonchev–Trinajstić information content (AvgIpc) is 2.69. The summed E-state index contributed by atoms with van der Waals surface area (Å²) in [5.41, 5.74) is 1.47. The molecule has 0 spiro atoms. The van der Waals surface area contributed by atoms with Gasteiger partial charge in [0.15, 0.2) is 0 Å². The van der Waals surface area contributed by atoms with Gasteiger partial charge in [-0.25, -0.2) is 0 Å². The minimum absolute atomic E-state index is 0.00162. The Balaban J connectivity index is 1.61. The Bertz CT molecular complexity index is 1070. The molecule has 0 bridgehead atoms. The number of amides is 1. The van der Waals surface area contributed by atoms with Crippen molar-refractivity contribution in [1.82, 2.24) is 0 Å². The summed E-state index contributed by atoms with van der Waals surface area (Å²) in [5, 5.41) is 2.75. The number of anilines is 1. The maximum absolute atomic E-state index is 12.3. The third-order valence-corrected chi connectivity index (χ3v) is 9.23. The molecule has 3 rings (SSSR count). The molecule has 3 aromatic rings. The number of nitrogens with zero attached hydrogens (tertiary/aromatic N) is 1. The number of pyridine rings is 1. The molecule has 0 saturated heterocycles. The van der Waals surface area contributed by atoms with E-state index in [-0.39, 0.29) is 17.3 Å². The summed E-state index contributed by atoms with van der Waals surface area (Å²) in [4.78, 5) is 12.1. The van der Waals surface area contributed by atoms with Gasteiger partial charge in [-0.3, -0.25) is 0 Å². The van der Waals surface area contributed by atoms with Crippen LogP contribution in [0.1, 0.15) is 5.56 Å². The van der Waals surface area contributed by atoms with Crippen molar-refractivity contribution < 1.29 is 23.7 Å². The molecule has 0 fully saturated rings. The second-order valence-electron chi connectivity index (χ2n) is 6.16. The van der Waals surface area contributed by atoms with Crippen molar-refractivity contribution in [3.63, 3.8) is 0 Å². The first kappa shape index (κ1) is 21.4. The van der Waals surface area contributed by atoms with Crippen LogP contribution in [0.5, 0.6) is 0 Å². The first-order chi connectivity index (χ1) is 13.8. The van der Waals surface area contributed by atoms with Crippen LogP contribution in [-0.4, -0.2) is 17.8 Å². The fourth-order valence-corrected chi connectivity index (χ4v) is 6.74. The van der Waals surface area contributed by atoms with E-state index < -0.39 is 30.8 Å². The van der Waals surface area contributed by atoms with Crippen LogP contribution in [0.4, 0.5) is 5.69 Å². The molecule has 0 aliphatic rings. The van der Waals surface area contributed by atoms with Crippen LogP contribution in [-0.2, 0) is 24.0 Å². The van der Waals surface area contributed by atoms with Gasteiger partial charge < -0.3 is 0 Å². The molecule has 0 aliphatic heterocycles. The van der Waals surface area contributed by atoms with E-state index in [0.717, 1.165) is 5.56 Å². The van der Waals surface area contributed by atoms with E-state index in [1.807, 2.05) is 25.1 Å². The van der Waals surface area contributed by atoms with E-state index in [9.17, 15) is 16.6 Å². The van der Waals surface area contributed by atoms with Gasteiger partial charge in [-0.2, -0.15) is 0 Å². The number of aryl methyl sites for hydroxylation is 1. The van der Waals surface area contributed by atoms with Crippen molar-refractivity contribution >= 4 is 42.4 Å². The van der Waals surface area contributed by atoms with Crippen molar-refractivity contribution in [2.45, 2.75) is 18.4 Å². The number of hydrogen-bond acceptors (Lipinski definition) is 5. The SMILES string of the molecule is Cc1ccc(S(=O)(=O)OI(O)c2ccc(NC(=O)C[n+]3ccccc3)cc2)cc1. The third kappa shape index (κ3) is 6.07. The normalized spacial score (nSPS) is 11.7. The molecule has 1 aromatic heterocycles. The van der Waals surface area contributed by atoms with Gasteiger partial charge in [0.05, 0.1) is 0 Å². The Morgan fingerprint density at radius 1 is 1.03 bits per heavy atom. The molecule has 0 unspecified atom stereocenters. The first-order valence-corrected chi connectivity index (χ1v) is 12.9. The van der Waals surface area contributed by atoms with Gasteiger partial charge in [-0.1, -0.05) is 0 Å². The van der Waals surface area contributed by atoms with E-state index in [0.29, 0.717) is 9.26 Å². The number of carbonyl (C=O) groups excluding carboxylic acids is 1. The van der Waals surface area contributed by atoms with Crippen molar-refractivity contribution in [1.29, 1.82) is 0 Å². The van der Waals surface area contributed by atoms with Gasteiger partial charge in [0.2, 0.25) is 0 Å². The zero-order valence-electron chi connectivity index (χ0n) is 15.5. The number of halogens is 1. The Labute approximate surface area is 177 Å². The van der Waals surface area contributed by atoms with E-state index in [4.69, 9.17) is 2.51 Å². The summed E-state index contributed by atoms with van der Waals surface area (Å²) < 4.78 is 42.1. The quantitative estimate of drug-likeness (QED) is 0.364. The predicted octanol–water partition coefficient (Wildman–Crippen LogP) is 2.83. The molecule has 0 aliphatic carbocycles. The summed E-state index contributed by atoms with van der Waals surface area (Å²) in [7, 11) is -4.04. The zero-order chi connectivity index (χ0) is 20.9. The molecule has 2 aromatic carbocycles. The zero-order valence-corrected chi connectivity index (χ0v) is 18.5. The third-order valence-electron chi connectivity index (χ3n) is 3.87. The average molecular weight is 527 g/mol. The van der Waals surface area contributed by atoms with Crippen LogP contribution in [0.25, 0.3) is 0 Å². The van der Waals surface area contributed by atoms with Crippen molar-refractivity contribution in [2.24, 2.45) is 0 Å². The Kier molecular flexibility index (Phi) is 6.96. The first-order valence-electron chi connectivity index (χ1n) is 8.58. The number of benzene rings is 2. The van der Waals surface area contributed by atoms with Gasteiger partial charge in [0, 0.05) is 0 Å². The monoisotopic (exact) mass is 527 g/mol. The number of rotatable bonds is 7. The summed E-state index contributed by atoms with van der Waals surface area (Å²) in [6.45, 7) is 2.01. The molecule has 0 radical (unpaired) electrons. The Morgan fingerprint density at radius 3 is 2.28 bits per heavy atom. The molecule has 2 N–H and O–H groups in total. The van der Waals surface area contributed by atoms with Crippen LogP contribution >= 0.6 is 20.6 Å². The predicted molar refractivity (Wildman–Crippen MR) is 116 cm³/mol. The van der Waals surface area contributed by atoms with E-state index in [1.165, 1.54) is 12.1 Å². The molecule has 0 saturated carbocycles. The van der Waals surface area contributed by atoms with Gasteiger partial charge in [-0.15, -0.1) is 0 Å². The van der Waals surface area contributed by atoms with Crippen LogP contribution in [0, 0.1) is 10.5 Å². The molecular formula is C20H20IN2O5S+. The number of carbonyl (C=O) groups is 1. The van der Waals surface area contributed by atoms with E-state index >= 15 is 0 Å². The van der Waals surface area contributed by atoms with Gasteiger partial charge >= 0.3 is 178 Å². The topological polar surface area (TPSA) is 96.6 Å². The molecule has 7 nitrogen and oxygen atoms in total. The molecule has 1 heterocycles. The number of hydrogen-bond donors (Lipinski definition) is 2. The standard InChI is InChI=1S/C20H19IN2O5S/c1-16-5-11-19(12-6-16)29(26,27)28-21(25)17-7-9-18(10-8-17)22-20(24)15-23-13-3-2-4-14-23/h2-14,25H,15H2,1H3/p+1. The Hall–Kier alpha value is -2.34. The fourth-order valence-electron chi connectivity index (χ4n) is 2.40. The summed E-state index contributed by atoms with van der Waals surface area (Å²) in [5.74, 6) is -0.202. The van der Waals surface area contributed by atoms with Gasteiger partial charge in [0.25, 0.3) is 0 Å². The molecular weight excluding hydrogens is 507 g/mol. The van der Waals surface area contributed by atoms with Crippen LogP contribution in [0.3, 0.4) is 0 Å². The molecule has 1 amide bonds. The van der Waals surface area contributed by atoms with Crippen molar-refractivity contribution in [2.75, 3.05) is 5.32 Å². The van der Waals surface area contributed by atoms with E-state index in [2.05, 4.69) is 5.32 Å². The van der Waals surface area contributed by atoms with Crippen LogP contribution in [0.2, 0.25) is 0 Å². The molecule has 152 valence electrons. The summed E-state index contributed by atoms with van der Waals surface area (Å²) in [6, 6.07) is 18.1. The molecule has 29 heavy (non-hydrogen) atoms. The summed E-state index contributed by atoms with van der Waals surface area (Å²) >= 11 is -3.38. The van der Waals surface area contributed by atoms with Gasteiger partial charge in [-0.05, 0) is 0 Å². The fraction of sp³-hybridized carbons (Fsp3) is 0.100. The Morgan fingerprint density at radius 2 is 1.66 bits per heavy atom. The van der Waals surface area contributed by atoms with Gasteiger partial charge in [0.1, 0.15) is 0 Å². The van der Waals surface area contributed by atoms with Crippen LogP contribution < -0.4 is 9.88 Å². The van der Waals surface area contributed by atoms with Crippen LogP contribution in [0.15, 0.2) is 84.0 Å². The second kappa shape index (κ2) is 9.44. The number of nitrogens with one attached hydrogen (secondary N) is 1. The second-order valence-corrected chi connectivity index (χ2v) is 11.3. The molecule has 0 atom stereocenters. The molecule has 9 heteroatoms. The summed E-state index contributed by atoms with van der Waals surface area (Å²) in [6.07, 6.45) is 3.58. The van der Waals surface area contributed by atoms with E-state index in [1.54, 1.807) is 53.4 Å². The maximum atomic E-state index is 12.3. The number of aromatic nitrogens is 1. The van der Waals surface area contributed by atoms with Crippen molar-refractivity contribution in [3.05, 3.63) is 88.3 Å². The van der Waals surface area contributed by atoms with Crippen molar-refractivity contribution in [3.8, 4) is 0 Å².